The summed E-state index contributed by atoms with van der Waals surface area (Å²) < 4.78 is 6.86. The van der Waals surface area contributed by atoms with Crippen molar-refractivity contribution in [3.63, 3.8) is 0 Å². The van der Waals surface area contributed by atoms with Crippen LogP contribution in [0.3, 0.4) is 0 Å². The number of ether oxygens (including phenoxy) is 1. The number of rotatable bonds is 7. The lowest BCUT2D eigenvalue weighted by atomic mass is 10.2. The summed E-state index contributed by atoms with van der Waals surface area (Å²) in [5.74, 6) is 0.742. The van der Waals surface area contributed by atoms with Crippen LogP contribution in [0.1, 0.15) is 24.2 Å². The summed E-state index contributed by atoms with van der Waals surface area (Å²) in [6.07, 6.45) is 0.125. The van der Waals surface area contributed by atoms with Gasteiger partial charge >= 0.3 is 0 Å². The molecule has 1 aromatic heterocycles. The van der Waals surface area contributed by atoms with E-state index in [0.29, 0.717) is 12.1 Å². The molecule has 158 valence electrons. The molecule has 1 aliphatic heterocycles. The molecular weight excluding hydrogens is 396 g/mol. The maximum atomic E-state index is 12.4. The van der Waals surface area contributed by atoms with Gasteiger partial charge in [0, 0.05) is 44.8 Å². The Hall–Kier alpha value is -2.64. The number of nitrogens with zero attached hydrogens (tertiary/aromatic N) is 3. The van der Waals surface area contributed by atoms with Crippen molar-refractivity contribution in [2.45, 2.75) is 20.0 Å². The van der Waals surface area contributed by atoms with E-state index in [4.69, 9.17) is 9.72 Å². The van der Waals surface area contributed by atoms with E-state index < -0.39 is 0 Å². The van der Waals surface area contributed by atoms with Crippen molar-refractivity contribution in [1.29, 1.82) is 0 Å². The van der Waals surface area contributed by atoms with Crippen LogP contribution in [0.2, 0.25) is 0 Å². The lowest BCUT2D eigenvalue weighted by Gasteiger charge is -2.34. The number of para-hydroxylation sites is 1. The zero-order chi connectivity index (χ0) is 20.9. The van der Waals surface area contributed by atoms with Crippen molar-refractivity contribution in [2.75, 3.05) is 44.2 Å². The van der Waals surface area contributed by atoms with Gasteiger partial charge in [-0.2, -0.15) is 0 Å². The molecule has 2 heterocycles. The van der Waals surface area contributed by atoms with E-state index in [1.54, 1.807) is 11.3 Å². The van der Waals surface area contributed by atoms with Gasteiger partial charge in [-0.1, -0.05) is 23.5 Å². The van der Waals surface area contributed by atoms with Crippen LogP contribution in [-0.2, 0) is 0 Å². The molecule has 0 unspecified atom stereocenters. The summed E-state index contributed by atoms with van der Waals surface area (Å²) in [4.78, 5) is 21.9. The second kappa shape index (κ2) is 9.45. The Morgan fingerprint density at radius 1 is 1.10 bits per heavy atom. The summed E-state index contributed by atoms with van der Waals surface area (Å²) >= 11 is 1.76. The highest BCUT2D eigenvalue weighted by Gasteiger charge is 2.19. The average molecular weight is 425 g/mol. The molecule has 0 saturated carbocycles. The molecule has 2 aromatic carbocycles. The molecule has 0 bridgehead atoms. The summed E-state index contributed by atoms with van der Waals surface area (Å²) in [6, 6.07) is 15.6. The smallest absolute Gasteiger partial charge is 0.251 e. The molecule has 3 aromatic rings. The number of carbonyl (C=O) groups is 1. The van der Waals surface area contributed by atoms with Crippen LogP contribution >= 0.6 is 11.3 Å². The summed E-state index contributed by atoms with van der Waals surface area (Å²) in [7, 11) is 0. The summed E-state index contributed by atoms with van der Waals surface area (Å²) in [5.41, 5.74) is 1.73. The Kier molecular flexibility index (Phi) is 6.50. The number of aromatic nitrogens is 1. The number of nitrogens with one attached hydrogen (secondary N) is 1. The first kappa shape index (κ1) is 20.6. The van der Waals surface area contributed by atoms with Gasteiger partial charge in [0.15, 0.2) is 5.13 Å². The van der Waals surface area contributed by atoms with Gasteiger partial charge < -0.3 is 15.0 Å². The predicted octanol–water partition coefficient (Wildman–Crippen LogP) is 3.64. The monoisotopic (exact) mass is 424 g/mol. The molecule has 1 saturated heterocycles. The van der Waals surface area contributed by atoms with E-state index in [0.717, 1.165) is 49.1 Å². The van der Waals surface area contributed by atoms with Gasteiger partial charge in [0.1, 0.15) is 5.75 Å². The fourth-order valence-corrected chi connectivity index (χ4v) is 4.56. The first-order valence-corrected chi connectivity index (χ1v) is 11.3. The van der Waals surface area contributed by atoms with Crippen molar-refractivity contribution in [3.8, 4) is 5.75 Å². The molecule has 4 rings (SSSR count). The molecule has 1 fully saturated rings. The van der Waals surface area contributed by atoms with E-state index in [9.17, 15) is 4.79 Å². The van der Waals surface area contributed by atoms with Crippen LogP contribution < -0.4 is 15.0 Å². The number of anilines is 1. The largest absolute Gasteiger partial charge is 0.491 e. The Morgan fingerprint density at radius 2 is 1.83 bits per heavy atom. The van der Waals surface area contributed by atoms with Crippen LogP contribution in [0, 0.1) is 0 Å². The SMILES string of the molecule is CC(C)Oc1ccc(C(=O)NCCN2CCN(c3nc4ccccc4s3)CC2)cc1. The van der Waals surface area contributed by atoms with Crippen LogP contribution in [-0.4, -0.2) is 61.2 Å². The molecule has 6 nitrogen and oxygen atoms in total. The number of thiazole rings is 1. The van der Waals surface area contributed by atoms with Crippen LogP contribution in [0.5, 0.6) is 5.75 Å². The molecule has 0 radical (unpaired) electrons. The number of amides is 1. The molecular formula is C23H28N4O2S. The molecule has 0 spiro atoms. The summed E-state index contributed by atoms with van der Waals surface area (Å²) in [5, 5.41) is 4.13. The average Bonchev–Trinajstić information content (AvgIpc) is 3.18. The minimum Gasteiger partial charge on any atom is -0.491 e. The Bertz CT molecular complexity index is 945. The van der Waals surface area contributed by atoms with Crippen molar-refractivity contribution >= 4 is 32.6 Å². The highest BCUT2D eigenvalue weighted by molar-refractivity contribution is 7.22. The van der Waals surface area contributed by atoms with E-state index in [2.05, 4.69) is 33.3 Å². The molecule has 30 heavy (non-hydrogen) atoms. The number of hydrogen-bond acceptors (Lipinski definition) is 6. The molecule has 1 amide bonds. The third-order valence-corrected chi connectivity index (χ3v) is 6.22. The Morgan fingerprint density at radius 3 is 2.53 bits per heavy atom. The number of piperazine rings is 1. The van der Waals surface area contributed by atoms with Crippen molar-refractivity contribution < 1.29 is 9.53 Å². The fourth-order valence-electron chi connectivity index (χ4n) is 3.54. The van der Waals surface area contributed by atoms with E-state index in [-0.39, 0.29) is 12.0 Å². The number of benzene rings is 2. The highest BCUT2D eigenvalue weighted by Crippen LogP contribution is 2.29. The Balaban J connectivity index is 1.20. The number of fused-ring (bicyclic) bond motifs is 1. The van der Waals surface area contributed by atoms with Crippen LogP contribution in [0.4, 0.5) is 5.13 Å². The third-order valence-electron chi connectivity index (χ3n) is 5.13. The second-order valence-electron chi connectivity index (χ2n) is 7.74. The maximum absolute atomic E-state index is 12.4. The van der Waals surface area contributed by atoms with Gasteiger partial charge in [0.05, 0.1) is 16.3 Å². The van der Waals surface area contributed by atoms with Crippen molar-refractivity contribution in [2.24, 2.45) is 0 Å². The molecule has 0 aliphatic carbocycles. The van der Waals surface area contributed by atoms with Crippen molar-refractivity contribution in [3.05, 3.63) is 54.1 Å². The summed E-state index contributed by atoms with van der Waals surface area (Å²) in [6.45, 7) is 9.35. The van der Waals surface area contributed by atoms with Gasteiger partial charge in [-0.25, -0.2) is 4.98 Å². The quantitative estimate of drug-likeness (QED) is 0.628. The van der Waals surface area contributed by atoms with E-state index in [1.165, 1.54) is 4.70 Å². The lowest BCUT2D eigenvalue weighted by molar-refractivity contribution is 0.0947. The molecule has 0 atom stereocenters. The zero-order valence-corrected chi connectivity index (χ0v) is 18.3. The van der Waals surface area contributed by atoms with Crippen LogP contribution in [0.25, 0.3) is 10.2 Å². The highest BCUT2D eigenvalue weighted by atomic mass is 32.1. The van der Waals surface area contributed by atoms with Gasteiger partial charge in [-0.3, -0.25) is 9.69 Å². The zero-order valence-electron chi connectivity index (χ0n) is 17.5. The van der Waals surface area contributed by atoms with Gasteiger partial charge in [-0.05, 0) is 50.2 Å². The minimum absolute atomic E-state index is 0.0424. The van der Waals surface area contributed by atoms with E-state index >= 15 is 0 Å². The predicted molar refractivity (Wildman–Crippen MR) is 123 cm³/mol. The van der Waals surface area contributed by atoms with Gasteiger partial charge in [0.2, 0.25) is 0 Å². The number of hydrogen-bond donors (Lipinski definition) is 1. The van der Waals surface area contributed by atoms with Crippen molar-refractivity contribution in [1.82, 2.24) is 15.2 Å². The minimum atomic E-state index is -0.0424. The van der Waals surface area contributed by atoms with Crippen LogP contribution in [0.15, 0.2) is 48.5 Å². The fraction of sp³-hybridized carbons (Fsp3) is 0.391. The molecule has 1 aliphatic rings. The molecule has 1 N–H and O–H groups in total. The van der Waals surface area contributed by atoms with Gasteiger partial charge in [-0.15, -0.1) is 0 Å². The third kappa shape index (κ3) is 5.09. The lowest BCUT2D eigenvalue weighted by Crippen LogP contribution is -2.48. The standard InChI is InChI=1S/C23H28N4O2S/c1-17(2)29-19-9-7-18(8-10-19)22(28)24-11-12-26-13-15-27(16-14-26)23-25-20-5-3-4-6-21(20)30-23/h3-10,17H,11-16H2,1-2H3,(H,24,28). The van der Waals surface area contributed by atoms with E-state index in [1.807, 2.05) is 44.2 Å². The Labute approximate surface area is 181 Å². The second-order valence-corrected chi connectivity index (χ2v) is 8.75. The topological polar surface area (TPSA) is 57.7 Å². The first-order valence-electron chi connectivity index (χ1n) is 10.5. The maximum Gasteiger partial charge on any atom is 0.251 e. The van der Waals surface area contributed by atoms with Gasteiger partial charge in [0.25, 0.3) is 5.91 Å². The number of carbonyl (C=O) groups excluding carboxylic acids is 1. The normalized spacial score (nSPS) is 15.0. The first-order chi connectivity index (χ1) is 14.6. The molecule has 7 heteroatoms.